The molecule has 0 saturated carbocycles. The molecule has 0 aromatic carbocycles. The number of piperidine rings is 1. The lowest BCUT2D eigenvalue weighted by Gasteiger charge is -2.37. The highest BCUT2D eigenvalue weighted by molar-refractivity contribution is 4.74. The number of hydrogen-bond acceptors (Lipinski definition) is 0. The average Bonchev–Trinajstić information content (AvgIpc) is 2.16. The first-order valence-corrected chi connectivity index (χ1v) is 5.36. The molecule has 0 aromatic rings. The highest BCUT2D eigenvalue weighted by Crippen LogP contribution is 2.19. The number of nitrogens with zero attached hydrogens (tertiary/aromatic N) is 1. The third-order valence-electron chi connectivity index (χ3n) is 2.99. The molecule has 1 aliphatic rings. The fourth-order valence-electron chi connectivity index (χ4n) is 2.04. The summed E-state index contributed by atoms with van der Waals surface area (Å²) in [4.78, 5) is 0. The number of allylic oxidation sites excluding steroid dienone is 1. The van der Waals surface area contributed by atoms with Crippen LogP contribution in [0.3, 0.4) is 0 Å². The second-order valence-corrected chi connectivity index (χ2v) is 3.84. The first kappa shape index (κ1) is 9.79. The summed E-state index contributed by atoms with van der Waals surface area (Å²) in [6.45, 7) is 8.54. The molecule has 0 radical (unpaired) electrons. The highest BCUT2D eigenvalue weighted by Gasteiger charge is 2.24. The zero-order valence-electron chi connectivity index (χ0n) is 8.55. The summed E-state index contributed by atoms with van der Waals surface area (Å²) in [5.41, 5.74) is 0. The van der Waals surface area contributed by atoms with E-state index in [2.05, 4.69) is 26.1 Å². The van der Waals surface area contributed by atoms with Crippen LogP contribution in [-0.2, 0) is 0 Å². The third kappa shape index (κ3) is 2.34. The molecule has 0 N–H and O–H groups in total. The topological polar surface area (TPSA) is 0 Å². The quantitative estimate of drug-likeness (QED) is 0.568. The highest BCUT2D eigenvalue weighted by atomic mass is 15.3. The zero-order valence-corrected chi connectivity index (χ0v) is 8.55. The molecule has 1 heterocycles. The van der Waals surface area contributed by atoms with E-state index in [1.54, 1.807) is 0 Å². The zero-order chi connectivity index (χ0) is 8.86. The van der Waals surface area contributed by atoms with Crippen LogP contribution >= 0.6 is 0 Å². The standard InChI is InChI=1S/C11H22N/c1-3-5-9-12(4-2)10-7-6-8-11-12/h5,9H,3-4,6-8,10-11H2,1-2H3/q+1. The van der Waals surface area contributed by atoms with E-state index in [0.29, 0.717) is 0 Å². The van der Waals surface area contributed by atoms with Gasteiger partial charge in [-0.05, 0) is 38.7 Å². The summed E-state index contributed by atoms with van der Waals surface area (Å²) >= 11 is 0. The molecule has 0 atom stereocenters. The van der Waals surface area contributed by atoms with Gasteiger partial charge in [0.25, 0.3) is 0 Å². The van der Waals surface area contributed by atoms with Gasteiger partial charge in [0.1, 0.15) is 0 Å². The lowest BCUT2D eigenvalue weighted by molar-refractivity contribution is -0.882. The fourth-order valence-corrected chi connectivity index (χ4v) is 2.04. The molecule has 0 bridgehead atoms. The predicted octanol–water partition coefficient (Wildman–Crippen LogP) is 2.93. The van der Waals surface area contributed by atoms with Crippen LogP contribution in [0, 0.1) is 0 Å². The normalized spacial score (nSPS) is 23.2. The Morgan fingerprint density at radius 1 is 1.08 bits per heavy atom. The van der Waals surface area contributed by atoms with Gasteiger partial charge in [0, 0.05) is 0 Å². The van der Waals surface area contributed by atoms with E-state index in [1.165, 1.54) is 49.8 Å². The van der Waals surface area contributed by atoms with Gasteiger partial charge in [0.15, 0.2) is 0 Å². The van der Waals surface area contributed by atoms with Crippen molar-refractivity contribution in [3.05, 3.63) is 12.3 Å². The van der Waals surface area contributed by atoms with E-state index in [0.717, 1.165) is 0 Å². The smallest absolute Gasteiger partial charge is 0.0917 e. The van der Waals surface area contributed by atoms with Crippen molar-refractivity contribution in [2.24, 2.45) is 0 Å². The van der Waals surface area contributed by atoms with Crippen molar-refractivity contribution in [3.63, 3.8) is 0 Å². The average molecular weight is 168 g/mol. The van der Waals surface area contributed by atoms with Gasteiger partial charge in [-0.25, -0.2) is 0 Å². The Labute approximate surface area is 76.7 Å². The molecule has 0 amide bonds. The molecular formula is C11H22N+. The molecule has 1 heteroatoms. The molecule has 1 rings (SSSR count). The number of hydrogen-bond donors (Lipinski definition) is 0. The Bertz CT molecular complexity index is 143. The minimum absolute atomic E-state index is 1.18. The van der Waals surface area contributed by atoms with Gasteiger partial charge in [-0.15, -0.1) is 0 Å². The fraction of sp³-hybridized carbons (Fsp3) is 0.818. The molecule has 70 valence electrons. The van der Waals surface area contributed by atoms with Crippen LogP contribution in [0.1, 0.15) is 39.5 Å². The van der Waals surface area contributed by atoms with E-state index in [1.807, 2.05) is 0 Å². The number of quaternary nitrogens is 1. The molecular weight excluding hydrogens is 146 g/mol. The van der Waals surface area contributed by atoms with E-state index in [-0.39, 0.29) is 0 Å². The summed E-state index contributed by atoms with van der Waals surface area (Å²) in [5, 5.41) is 0. The maximum atomic E-state index is 2.43. The van der Waals surface area contributed by atoms with Gasteiger partial charge in [-0.1, -0.05) is 6.92 Å². The van der Waals surface area contributed by atoms with Gasteiger partial charge in [-0.3, -0.25) is 4.48 Å². The Hall–Kier alpha value is -0.300. The van der Waals surface area contributed by atoms with Crippen LogP contribution in [0.2, 0.25) is 0 Å². The van der Waals surface area contributed by atoms with E-state index in [9.17, 15) is 0 Å². The molecule has 12 heavy (non-hydrogen) atoms. The molecule has 0 aromatic heterocycles. The third-order valence-corrected chi connectivity index (χ3v) is 2.99. The Morgan fingerprint density at radius 2 is 1.75 bits per heavy atom. The van der Waals surface area contributed by atoms with E-state index >= 15 is 0 Å². The maximum Gasteiger partial charge on any atom is 0.0917 e. The Morgan fingerprint density at radius 3 is 2.25 bits per heavy atom. The van der Waals surface area contributed by atoms with Crippen LogP contribution in [0.25, 0.3) is 0 Å². The summed E-state index contributed by atoms with van der Waals surface area (Å²) in [6, 6.07) is 0. The molecule has 0 unspecified atom stereocenters. The summed E-state index contributed by atoms with van der Waals surface area (Å²) < 4.78 is 1.24. The second kappa shape index (κ2) is 4.66. The first-order chi connectivity index (χ1) is 5.83. The Kier molecular flexibility index (Phi) is 3.80. The van der Waals surface area contributed by atoms with Crippen molar-refractivity contribution in [2.45, 2.75) is 39.5 Å². The lowest BCUT2D eigenvalue weighted by Crippen LogP contribution is -2.46. The molecule has 1 nitrogen and oxygen atoms in total. The molecule has 1 fully saturated rings. The van der Waals surface area contributed by atoms with Crippen molar-refractivity contribution >= 4 is 0 Å². The van der Waals surface area contributed by atoms with Crippen LogP contribution in [0.15, 0.2) is 12.3 Å². The minimum atomic E-state index is 1.18. The van der Waals surface area contributed by atoms with Crippen molar-refractivity contribution < 1.29 is 4.48 Å². The van der Waals surface area contributed by atoms with Gasteiger partial charge < -0.3 is 0 Å². The van der Waals surface area contributed by atoms with E-state index in [4.69, 9.17) is 0 Å². The predicted molar refractivity (Wildman–Crippen MR) is 53.8 cm³/mol. The van der Waals surface area contributed by atoms with Crippen molar-refractivity contribution in [1.29, 1.82) is 0 Å². The second-order valence-electron chi connectivity index (χ2n) is 3.84. The summed E-state index contributed by atoms with van der Waals surface area (Å²) in [6.07, 6.45) is 10.2. The minimum Gasteiger partial charge on any atom is -0.298 e. The van der Waals surface area contributed by atoms with Gasteiger partial charge in [0.05, 0.1) is 25.8 Å². The summed E-state index contributed by atoms with van der Waals surface area (Å²) in [7, 11) is 0. The van der Waals surface area contributed by atoms with Crippen LogP contribution in [-0.4, -0.2) is 24.1 Å². The van der Waals surface area contributed by atoms with Crippen molar-refractivity contribution in [2.75, 3.05) is 19.6 Å². The van der Waals surface area contributed by atoms with Gasteiger partial charge >= 0.3 is 0 Å². The SMILES string of the molecule is CCC=C[N+]1(CC)CCCCC1. The first-order valence-electron chi connectivity index (χ1n) is 5.36. The van der Waals surface area contributed by atoms with E-state index < -0.39 is 0 Å². The lowest BCUT2D eigenvalue weighted by atomic mass is 10.1. The number of likely N-dealkylation sites (tertiary alicyclic amines) is 1. The summed E-state index contributed by atoms with van der Waals surface area (Å²) in [5.74, 6) is 0. The molecule has 0 spiro atoms. The van der Waals surface area contributed by atoms with Crippen molar-refractivity contribution in [1.82, 2.24) is 0 Å². The van der Waals surface area contributed by atoms with Gasteiger partial charge in [0.2, 0.25) is 0 Å². The molecule has 0 aliphatic carbocycles. The number of rotatable bonds is 3. The van der Waals surface area contributed by atoms with Gasteiger partial charge in [-0.2, -0.15) is 0 Å². The van der Waals surface area contributed by atoms with Crippen LogP contribution in [0.4, 0.5) is 0 Å². The van der Waals surface area contributed by atoms with Crippen molar-refractivity contribution in [3.8, 4) is 0 Å². The monoisotopic (exact) mass is 168 g/mol. The maximum absolute atomic E-state index is 2.43. The largest absolute Gasteiger partial charge is 0.298 e. The Balaban J connectivity index is 2.53. The molecule has 1 saturated heterocycles. The molecule has 1 aliphatic heterocycles. The van der Waals surface area contributed by atoms with Crippen LogP contribution in [0.5, 0.6) is 0 Å². The van der Waals surface area contributed by atoms with Crippen LogP contribution < -0.4 is 0 Å².